The van der Waals surface area contributed by atoms with E-state index in [4.69, 9.17) is 11.6 Å². The van der Waals surface area contributed by atoms with Crippen LogP contribution in [0.4, 0.5) is 23.1 Å². The van der Waals surface area contributed by atoms with Gasteiger partial charge in [0, 0.05) is 23.4 Å². The highest BCUT2D eigenvalue weighted by Crippen LogP contribution is 2.27. The molecule has 0 atom stereocenters. The van der Waals surface area contributed by atoms with E-state index in [0.717, 1.165) is 28.0 Å². The van der Waals surface area contributed by atoms with E-state index in [0.29, 0.717) is 16.8 Å². The zero-order chi connectivity index (χ0) is 19.0. The van der Waals surface area contributed by atoms with Crippen molar-refractivity contribution < 1.29 is 0 Å². The van der Waals surface area contributed by atoms with Crippen molar-refractivity contribution >= 4 is 45.8 Å². The van der Waals surface area contributed by atoms with Crippen LogP contribution in [0.2, 0.25) is 5.02 Å². The Hall–Kier alpha value is -3.12. The molecule has 7 heteroatoms. The largest absolute Gasteiger partial charge is 0.339 e. The summed E-state index contributed by atoms with van der Waals surface area (Å²) in [5.41, 5.74) is 4.95. The molecule has 2 heterocycles. The van der Waals surface area contributed by atoms with Gasteiger partial charge in [-0.05, 0) is 49.7 Å². The summed E-state index contributed by atoms with van der Waals surface area (Å²) in [6, 6.07) is 13.7. The first kappa shape index (κ1) is 17.3. The van der Waals surface area contributed by atoms with Gasteiger partial charge in [0.05, 0.1) is 11.6 Å². The third-order valence-corrected chi connectivity index (χ3v) is 4.58. The molecule has 0 amide bonds. The molecule has 2 aromatic carbocycles. The van der Waals surface area contributed by atoms with Gasteiger partial charge < -0.3 is 10.6 Å². The van der Waals surface area contributed by atoms with Crippen molar-refractivity contribution in [1.29, 1.82) is 0 Å². The molecule has 0 fully saturated rings. The number of nitrogens with zero attached hydrogens (tertiary/aromatic N) is 4. The lowest BCUT2D eigenvalue weighted by atomic mass is 10.1. The minimum Gasteiger partial charge on any atom is -0.339 e. The molecule has 0 saturated carbocycles. The Labute approximate surface area is 162 Å². The van der Waals surface area contributed by atoms with Crippen LogP contribution in [0.15, 0.2) is 48.7 Å². The van der Waals surface area contributed by atoms with Crippen molar-refractivity contribution in [1.82, 2.24) is 19.7 Å². The third-order valence-electron chi connectivity index (χ3n) is 4.33. The molecule has 0 radical (unpaired) electrons. The molecule has 0 spiro atoms. The van der Waals surface area contributed by atoms with Gasteiger partial charge in [0.15, 0.2) is 5.65 Å². The number of rotatable bonds is 4. The van der Waals surface area contributed by atoms with Crippen LogP contribution in [-0.4, -0.2) is 19.7 Å². The fourth-order valence-electron chi connectivity index (χ4n) is 2.92. The van der Waals surface area contributed by atoms with Crippen molar-refractivity contribution in [2.75, 3.05) is 10.6 Å². The number of hydrogen-bond donors (Lipinski definition) is 2. The van der Waals surface area contributed by atoms with Crippen LogP contribution in [-0.2, 0) is 7.05 Å². The summed E-state index contributed by atoms with van der Waals surface area (Å²) in [5, 5.41) is 12.5. The Bertz CT molecular complexity index is 1120. The number of benzene rings is 2. The van der Waals surface area contributed by atoms with Crippen molar-refractivity contribution in [2.24, 2.45) is 7.05 Å². The van der Waals surface area contributed by atoms with E-state index >= 15 is 0 Å². The van der Waals surface area contributed by atoms with E-state index in [1.165, 1.54) is 5.56 Å². The number of halogens is 1. The first-order chi connectivity index (χ1) is 13.0. The second kappa shape index (κ2) is 6.89. The van der Waals surface area contributed by atoms with Crippen LogP contribution >= 0.6 is 11.6 Å². The summed E-state index contributed by atoms with van der Waals surface area (Å²) < 4.78 is 1.73. The van der Waals surface area contributed by atoms with E-state index in [1.807, 2.05) is 37.4 Å². The lowest BCUT2D eigenvalue weighted by Gasteiger charge is -2.12. The van der Waals surface area contributed by atoms with Crippen molar-refractivity contribution in [2.45, 2.75) is 13.8 Å². The Kier molecular flexibility index (Phi) is 4.41. The molecule has 4 aromatic rings. The van der Waals surface area contributed by atoms with E-state index < -0.39 is 0 Å². The predicted octanol–water partition coefficient (Wildman–Crippen LogP) is 5.12. The zero-order valence-electron chi connectivity index (χ0n) is 15.3. The third kappa shape index (κ3) is 3.57. The molecule has 2 aromatic heterocycles. The highest BCUT2D eigenvalue weighted by molar-refractivity contribution is 6.30. The van der Waals surface area contributed by atoms with Gasteiger partial charge in [-0.3, -0.25) is 4.68 Å². The van der Waals surface area contributed by atoms with Crippen LogP contribution in [0.5, 0.6) is 0 Å². The molecule has 0 saturated heterocycles. The Morgan fingerprint density at radius 3 is 2.48 bits per heavy atom. The Morgan fingerprint density at radius 1 is 0.963 bits per heavy atom. The molecular formula is C20H19ClN6. The molecule has 0 aliphatic carbocycles. The molecule has 2 N–H and O–H groups in total. The predicted molar refractivity (Wildman–Crippen MR) is 110 cm³/mol. The maximum absolute atomic E-state index is 5.98. The zero-order valence-corrected chi connectivity index (χ0v) is 16.0. The average molecular weight is 379 g/mol. The first-order valence-electron chi connectivity index (χ1n) is 8.56. The summed E-state index contributed by atoms with van der Waals surface area (Å²) in [5.74, 6) is 1.19. The maximum atomic E-state index is 5.98. The van der Waals surface area contributed by atoms with Gasteiger partial charge in [-0.25, -0.2) is 0 Å². The molecule has 27 heavy (non-hydrogen) atoms. The lowest BCUT2D eigenvalue weighted by molar-refractivity contribution is 0.786. The van der Waals surface area contributed by atoms with Crippen LogP contribution < -0.4 is 10.6 Å². The van der Waals surface area contributed by atoms with Gasteiger partial charge in [0.1, 0.15) is 5.82 Å². The minimum atomic E-state index is 0.509. The summed E-state index contributed by atoms with van der Waals surface area (Å²) in [6.07, 6.45) is 1.76. The van der Waals surface area contributed by atoms with E-state index in [2.05, 4.69) is 51.7 Å². The van der Waals surface area contributed by atoms with E-state index in [-0.39, 0.29) is 0 Å². The second-order valence-electron chi connectivity index (χ2n) is 6.48. The van der Waals surface area contributed by atoms with Crippen molar-refractivity contribution in [3.63, 3.8) is 0 Å². The molecule has 0 unspecified atom stereocenters. The number of anilines is 4. The lowest BCUT2D eigenvalue weighted by Crippen LogP contribution is -2.04. The molecule has 4 rings (SSSR count). The second-order valence-corrected chi connectivity index (χ2v) is 6.91. The summed E-state index contributed by atoms with van der Waals surface area (Å²) in [7, 11) is 1.86. The molecular weight excluding hydrogens is 360 g/mol. The van der Waals surface area contributed by atoms with Gasteiger partial charge in [-0.1, -0.05) is 29.3 Å². The van der Waals surface area contributed by atoms with Gasteiger partial charge in [0.25, 0.3) is 0 Å². The van der Waals surface area contributed by atoms with E-state index in [9.17, 15) is 0 Å². The Balaban J connectivity index is 1.75. The standard InChI is InChI=1S/C20H19ClN6/c1-12-4-9-17(13(2)10-12)24-20-25-18(16-11-22-27(3)19(16)26-20)23-15-7-5-14(21)6-8-15/h4-11H,1-3H3,(H2,23,24,25,26). The molecule has 6 nitrogen and oxygen atoms in total. The molecule has 136 valence electrons. The first-order valence-corrected chi connectivity index (χ1v) is 8.94. The molecule has 0 aliphatic heterocycles. The number of nitrogens with one attached hydrogen (secondary N) is 2. The van der Waals surface area contributed by atoms with Crippen LogP contribution in [0.1, 0.15) is 11.1 Å². The number of hydrogen-bond acceptors (Lipinski definition) is 5. The average Bonchev–Trinajstić information content (AvgIpc) is 3.01. The number of fused-ring (bicyclic) bond motifs is 1. The van der Waals surface area contributed by atoms with Crippen molar-refractivity contribution in [3.05, 3.63) is 64.8 Å². The molecule has 0 aliphatic rings. The monoisotopic (exact) mass is 378 g/mol. The fraction of sp³-hybridized carbons (Fsp3) is 0.150. The minimum absolute atomic E-state index is 0.509. The van der Waals surface area contributed by atoms with E-state index in [1.54, 1.807) is 10.9 Å². The van der Waals surface area contributed by atoms with Gasteiger partial charge in [0.2, 0.25) is 5.95 Å². The summed E-state index contributed by atoms with van der Waals surface area (Å²) in [4.78, 5) is 9.30. The normalized spacial score (nSPS) is 11.0. The summed E-state index contributed by atoms with van der Waals surface area (Å²) >= 11 is 5.98. The van der Waals surface area contributed by atoms with Crippen LogP contribution in [0, 0.1) is 13.8 Å². The van der Waals surface area contributed by atoms with Gasteiger partial charge in [-0.15, -0.1) is 0 Å². The van der Waals surface area contributed by atoms with Gasteiger partial charge >= 0.3 is 0 Å². The quantitative estimate of drug-likeness (QED) is 0.515. The number of aryl methyl sites for hydroxylation is 3. The molecule has 0 bridgehead atoms. The fourth-order valence-corrected chi connectivity index (χ4v) is 3.04. The Morgan fingerprint density at radius 2 is 1.74 bits per heavy atom. The highest BCUT2D eigenvalue weighted by Gasteiger charge is 2.13. The van der Waals surface area contributed by atoms with Gasteiger partial charge in [-0.2, -0.15) is 15.1 Å². The van der Waals surface area contributed by atoms with Crippen molar-refractivity contribution in [3.8, 4) is 0 Å². The van der Waals surface area contributed by atoms with Crippen LogP contribution in [0.25, 0.3) is 11.0 Å². The smallest absolute Gasteiger partial charge is 0.231 e. The van der Waals surface area contributed by atoms with Crippen LogP contribution in [0.3, 0.4) is 0 Å². The summed E-state index contributed by atoms with van der Waals surface area (Å²) in [6.45, 7) is 4.13. The number of aromatic nitrogens is 4. The SMILES string of the molecule is Cc1ccc(Nc2nc(Nc3ccc(Cl)cc3)c3cnn(C)c3n2)c(C)c1. The highest BCUT2D eigenvalue weighted by atomic mass is 35.5. The topological polar surface area (TPSA) is 67.7 Å². The maximum Gasteiger partial charge on any atom is 0.231 e.